The van der Waals surface area contributed by atoms with Gasteiger partial charge in [-0.3, -0.25) is 0 Å². The molecule has 0 amide bonds. The normalized spacial score (nSPS) is 12.0. The van der Waals surface area contributed by atoms with Gasteiger partial charge in [-0.2, -0.15) is 0 Å². The van der Waals surface area contributed by atoms with Gasteiger partial charge in [0.1, 0.15) is 0 Å². The van der Waals surface area contributed by atoms with E-state index in [0.29, 0.717) is 18.0 Å². The average Bonchev–Trinajstić information content (AvgIpc) is 2.37. The van der Waals surface area contributed by atoms with Crippen LogP contribution in [0.25, 0.3) is 0 Å². The predicted molar refractivity (Wildman–Crippen MR) is 80.0 cm³/mol. The fourth-order valence-electron chi connectivity index (χ4n) is 1.80. The molecule has 0 aromatic heterocycles. The van der Waals surface area contributed by atoms with Gasteiger partial charge < -0.3 is 10.0 Å². The second-order valence-corrected chi connectivity index (χ2v) is 7.36. The van der Waals surface area contributed by atoms with Crippen molar-refractivity contribution in [2.75, 3.05) is 32.0 Å². The summed E-state index contributed by atoms with van der Waals surface area (Å²) >= 11 is 3.28. The van der Waals surface area contributed by atoms with Crippen LogP contribution in [0.2, 0.25) is 0 Å². The maximum absolute atomic E-state index is 12.2. The average molecular weight is 350 g/mol. The lowest BCUT2D eigenvalue weighted by Gasteiger charge is -2.20. The Bertz CT molecular complexity index is 467. The number of aliphatic hydroxyl groups is 1. The largest absolute Gasteiger partial charge is 0.395 e. The Kier molecular flexibility index (Phi) is 6.99. The van der Waals surface area contributed by atoms with Crippen LogP contribution in [0.4, 0.5) is 0 Å². The van der Waals surface area contributed by atoms with Crippen LogP contribution < -0.4 is 0 Å². The number of benzene rings is 1. The first-order chi connectivity index (χ1) is 8.99. The highest BCUT2D eigenvalue weighted by Gasteiger charge is 2.16. The Morgan fingerprint density at radius 3 is 2.32 bits per heavy atom. The number of halogens is 1. The van der Waals surface area contributed by atoms with Crippen LogP contribution in [0.15, 0.2) is 33.6 Å². The van der Waals surface area contributed by atoms with E-state index >= 15 is 0 Å². The monoisotopic (exact) mass is 349 g/mol. The van der Waals surface area contributed by atoms with Gasteiger partial charge in [-0.25, -0.2) is 8.42 Å². The minimum absolute atomic E-state index is 0.0539. The Balaban J connectivity index is 2.66. The molecule has 19 heavy (non-hydrogen) atoms. The third-order valence-electron chi connectivity index (χ3n) is 2.81. The first-order valence-electron chi connectivity index (χ1n) is 6.31. The van der Waals surface area contributed by atoms with E-state index in [1.54, 1.807) is 24.3 Å². The van der Waals surface area contributed by atoms with E-state index in [2.05, 4.69) is 15.9 Å². The fraction of sp³-hybridized carbons (Fsp3) is 0.538. The minimum atomic E-state index is -3.25. The van der Waals surface area contributed by atoms with Crippen molar-refractivity contribution in [3.63, 3.8) is 0 Å². The molecule has 1 aromatic carbocycles. The smallest absolute Gasteiger partial charge is 0.179 e. The number of hydrogen-bond acceptors (Lipinski definition) is 4. The second kappa shape index (κ2) is 7.99. The molecule has 0 heterocycles. The second-order valence-electron chi connectivity index (χ2n) is 4.34. The summed E-state index contributed by atoms with van der Waals surface area (Å²) in [6.07, 6.45) is 0.943. The first kappa shape index (κ1) is 16.6. The quantitative estimate of drug-likeness (QED) is 0.778. The van der Waals surface area contributed by atoms with E-state index < -0.39 is 9.84 Å². The number of sulfone groups is 1. The summed E-state index contributed by atoms with van der Waals surface area (Å²) in [5, 5.41) is 8.94. The molecular weight excluding hydrogens is 330 g/mol. The van der Waals surface area contributed by atoms with Crippen LogP contribution in [0, 0.1) is 0 Å². The summed E-state index contributed by atoms with van der Waals surface area (Å²) in [6, 6.07) is 6.67. The molecule has 4 nitrogen and oxygen atoms in total. The van der Waals surface area contributed by atoms with Gasteiger partial charge in [0.05, 0.1) is 17.3 Å². The molecular formula is C13H20BrNO3S. The summed E-state index contributed by atoms with van der Waals surface area (Å²) in [7, 11) is -3.25. The first-order valence-corrected chi connectivity index (χ1v) is 8.75. The highest BCUT2D eigenvalue weighted by atomic mass is 79.9. The van der Waals surface area contributed by atoms with E-state index in [9.17, 15) is 8.42 Å². The van der Waals surface area contributed by atoms with Crippen LogP contribution in [-0.4, -0.2) is 50.4 Å². The molecule has 0 unspecified atom stereocenters. The molecule has 1 N–H and O–H groups in total. The van der Waals surface area contributed by atoms with Crippen molar-refractivity contribution in [1.82, 2.24) is 4.90 Å². The van der Waals surface area contributed by atoms with Gasteiger partial charge in [-0.05, 0) is 37.2 Å². The SMILES string of the molecule is CCCN(CCO)CCS(=O)(=O)c1ccc(Br)cc1. The summed E-state index contributed by atoms with van der Waals surface area (Å²) in [6.45, 7) is 3.86. The van der Waals surface area contributed by atoms with E-state index in [1.807, 2.05) is 11.8 Å². The zero-order valence-electron chi connectivity index (χ0n) is 11.0. The van der Waals surface area contributed by atoms with Gasteiger partial charge >= 0.3 is 0 Å². The van der Waals surface area contributed by atoms with E-state index in [0.717, 1.165) is 17.4 Å². The number of hydrogen-bond donors (Lipinski definition) is 1. The minimum Gasteiger partial charge on any atom is -0.395 e. The Labute approximate surface area is 123 Å². The summed E-state index contributed by atoms with van der Waals surface area (Å²) in [5.74, 6) is 0.0780. The van der Waals surface area contributed by atoms with Crippen LogP contribution in [-0.2, 0) is 9.84 Å². The lowest BCUT2D eigenvalue weighted by Crippen LogP contribution is -2.32. The van der Waals surface area contributed by atoms with Crippen LogP contribution >= 0.6 is 15.9 Å². The summed E-state index contributed by atoms with van der Waals surface area (Å²) < 4.78 is 25.2. The van der Waals surface area contributed by atoms with Gasteiger partial charge in [-0.15, -0.1) is 0 Å². The van der Waals surface area contributed by atoms with E-state index in [-0.39, 0.29) is 12.4 Å². The van der Waals surface area contributed by atoms with Crippen molar-refractivity contribution in [1.29, 1.82) is 0 Å². The highest BCUT2D eigenvalue weighted by Crippen LogP contribution is 2.16. The molecule has 6 heteroatoms. The standard InChI is InChI=1S/C13H20BrNO3S/c1-2-7-15(8-10-16)9-11-19(17,18)13-5-3-12(14)4-6-13/h3-6,16H,2,7-11H2,1H3. The molecule has 1 aromatic rings. The molecule has 0 aliphatic heterocycles. The van der Waals surface area contributed by atoms with Gasteiger partial charge in [0.25, 0.3) is 0 Å². The van der Waals surface area contributed by atoms with Gasteiger partial charge in [0, 0.05) is 17.6 Å². The van der Waals surface area contributed by atoms with E-state index in [4.69, 9.17) is 5.11 Å². The molecule has 0 saturated heterocycles. The molecule has 0 saturated carbocycles. The number of nitrogens with zero attached hydrogens (tertiary/aromatic N) is 1. The molecule has 0 spiro atoms. The number of rotatable bonds is 8. The van der Waals surface area contributed by atoms with E-state index in [1.165, 1.54) is 0 Å². The number of aliphatic hydroxyl groups excluding tert-OH is 1. The van der Waals surface area contributed by atoms with Crippen molar-refractivity contribution in [3.05, 3.63) is 28.7 Å². The Morgan fingerprint density at radius 2 is 1.79 bits per heavy atom. The molecule has 0 bridgehead atoms. The fourth-order valence-corrected chi connectivity index (χ4v) is 3.35. The lowest BCUT2D eigenvalue weighted by atomic mass is 10.4. The zero-order valence-corrected chi connectivity index (χ0v) is 13.5. The van der Waals surface area contributed by atoms with Gasteiger partial charge in [-0.1, -0.05) is 22.9 Å². The summed E-state index contributed by atoms with van der Waals surface area (Å²) in [5.41, 5.74) is 0. The third kappa shape index (κ3) is 5.60. The van der Waals surface area contributed by atoms with Crippen molar-refractivity contribution >= 4 is 25.8 Å². The highest BCUT2D eigenvalue weighted by molar-refractivity contribution is 9.10. The van der Waals surface area contributed by atoms with Crippen molar-refractivity contribution < 1.29 is 13.5 Å². The maximum Gasteiger partial charge on any atom is 0.179 e. The van der Waals surface area contributed by atoms with Gasteiger partial charge in [0.15, 0.2) is 9.84 Å². The Morgan fingerprint density at radius 1 is 1.16 bits per heavy atom. The zero-order chi connectivity index (χ0) is 14.3. The molecule has 108 valence electrons. The predicted octanol–water partition coefficient (Wildman–Crippen LogP) is 1.93. The topological polar surface area (TPSA) is 57.6 Å². The van der Waals surface area contributed by atoms with Crippen molar-refractivity contribution in [2.24, 2.45) is 0 Å². The van der Waals surface area contributed by atoms with Crippen molar-refractivity contribution in [2.45, 2.75) is 18.2 Å². The lowest BCUT2D eigenvalue weighted by molar-refractivity contribution is 0.203. The molecule has 1 rings (SSSR count). The Hall–Kier alpha value is -0.430. The molecule has 0 fully saturated rings. The van der Waals surface area contributed by atoms with Crippen molar-refractivity contribution in [3.8, 4) is 0 Å². The maximum atomic E-state index is 12.2. The van der Waals surface area contributed by atoms with Crippen LogP contribution in [0.3, 0.4) is 0 Å². The van der Waals surface area contributed by atoms with Crippen LogP contribution in [0.5, 0.6) is 0 Å². The molecule has 0 atom stereocenters. The molecule has 0 radical (unpaired) electrons. The van der Waals surface area contributed by atoms with Gasteiger partial charge in [0.2, 0.25) is 0 Å². The summed E-state index contributed by atoms with van der Waals surface area (Å²) in [4.78, 5) is 2.31. The molecule has 0 aliphatic carbocycles. The third-order valence-corrected chi connectivity index (χ3v) is 5.04. The van der Waals surface area contributed by atoms with Crippen LogP contribution in [0.1, 0.15) is 13.3 Å². The molecule has 0 aliphatic rings.